The zero-order valence-electron chi connectivity index (χ0n) is 16.3. The highest BCUT2D eigenvalue weighted by molar-refractivity contribution is 7.89. The average molecular weight is 450 g/mol. The summed E-state index contributed by atoms with van der Waals surface area (Å²) in [4.78, 5) is 12.4. The Bertz CT molecular complexity index is 1150. The first kappa shape index (κ1) is 21.2. The molecule has 31 heavy (non-hydrogen) atoms. The molecule has 0 spiro atoms. The van der Waals surface area contributed by atoms with Crippen LogP contribution in [-0.4, -0.2) is 41.9 Å². The molecule has 0 unspecified atom stereocenters. The summed E-state index contributed by atoms with van der Waals surface area (Å²) in [5.41, 5.74) is 0.881. The second kappa shape index (κ2) is 8.60. The van der Waals surface area contributed by atoms with E-state index >= 15 is 0 Å². The van der Waals surface area contributed by atoms with E-state index in [1.54, 1.807) is 12.1 Å². The molecular formula is C20H20F2N4O4S. The van der Waals surface area contributed by atoms with Crippen LogP contribution in [0.1, 0.15) is 18.4 Å². The van der Waals surface area contributed by atoms with E-state index in [1.165, 1.54) is 16.6 Å². The molecule has 1 aliphatic rings. The molecule has 0 radical (unpaired) electrons. The van der Waals surface area contributed by atoms with E-state index in [9.17, 15) is 22.0 Å². The fourth-order valence-electron chi connectivity index (χ4n) is 3.53. The quantitative estimate of drug-likeness (QED) is 0.600. The molecule has 2 N–H and O–H groups in total. The van der Waals surface area contributed by atoms with Gasteiger partial charge in [-0.2, -0.15) is 9.40 Å². The number of sulfonamides is 1. The third kappa shape index (κ3) is 4.67. The van der Waals surface area contributed by atoms with Crippen molar-refractivity contribution in [1.82, 2.24) is 19.8 Å². The van der Waals surface area contributed by atoms with Crippen LogP contribution < -0.4 is 5.32 Å². The molecule has 0 atom stereocenters. The highest BCUT2D eigenvalue weighted by Gasteiger charge is 2.34. The van der Waals surface area contributed by atoms with Gasteiger partial charge in [0.15, 0.2) is 5.76 Å². The van der Waals surface area contributed by atoms with Crippen LogP contribution in [0.5, 0.6) is 0 Å². The van der Waals surface area contributed by atoms with Gasteiger partial charge >= 0.3 is 0 Å². The van der Waals surface area contributed by atoms with E-state index in [0.29, 0.717) is 29.9 Å². The lowest BCUT2D eigenvalue weighted by atomic mass is 9.97. The number of nitrogens with one attached hydrogen (secondary N) is 2. The number of aromatic amines is 1. The maximum absolute atomic E-state index is 13.3. The predicted molar refractivity (Wildman–Crippen MR) is 106 cm³/mol. The lowest BCUT2D eigenvalue weighted by Gasteiger charge is -2.29. The van der Waals surface area contributed by atoms with Crippen molar-refractivity contribution in [3.8, 4) is 11.5 Å². The standard InChI is InChI=1S/C20H20F2N4O4S/c21-15-9-13(10-16(22)11-15)12-23-20(27)14-4-7-26(8-5-14)31(28,29)19-2-1-18(30-19)17-3-6-24-25-17/h1-3,6,9-11,14H,4-5,7-8,12H2,(H,23,27)(H,24,25). The van der Waals surface area contributed by atoms with Gasteiger partial charge in [-0.25, -0.2) is 17.2 Å². The Hall–Kier alpha value is -3.05. The number of nitrogens with zero attached hydrogens (tertiary/aromatic N) is 2. The number of carbonyl (C=O) groups excluding carboxylic acids is 1. The minimum atomic E-state index is -3.83. The van der Waals surface area contributed by atoms with E-state index in [4.69, 9.17) is 4.42 Å². The molecular weight excluding hydrogens is 430 g/mol. The van der Waals surface area contributed by atoms with Gasteiger partial charge in [0, 0.05) is 37.8 Å². The van der Waals surface area contributed by atoms with Crippen LogP contribution >= 0.6 is 0 Å². The Morgan fingerprint density at radius 2 is 1.87 bits per heavy atom. The van der Waals surface area contributed by atoms with Crippen molar-refractivity contribution >= 4 is 15.9 Å². The Morgan fingerprint density at radius 3 is 2.52 bits per heavy atom. The van der Waals surface area contributed by atoms with Crippen LogP contribution in [0, 0.1) is 17.6 Å². The summed E-state index contributed by atoms with van der Waals surface area (Å²) in [6, 6.07) is 7.67. The summed E-state index contributed by atoms with van der Waals surface area (Å²) in [5, 5.41) is 9.00. The van der Waals surface area contributed by atoms with Crippen LogP contribution in [0.3, 0.4) is 0 Å². The lowest BCUT2D eigenvalue weighted by molar-refractivity contribution is -0.126. The van der Waals surface area contributed by atoms with Gasteiger partial charge in [0.1, 0.15) is 17.3 Å². The number of piperidine rings is 1. The molecule has 1 fully saturated rings. The molecule has 2 aromatic heterocycles. The molecule has 1 aromatic carbocycles. The van der Waals surface area contributed by atoms with Crippen molar-refractivity contribution in [2.75, 3.05) is 13.1 Å². The fraction of sp³-hybridized carbons (Fsp3) is 0.300. The minimum Gasteiger partial charge on any atom is -0.442 e. The third-order valence-electron chi connectivity index (χ3n) is 5.16. The van der Waals surface area contributed by atoms with Crippen LogP contribution in [0.2, 0.25) is 0 Å². The maximum atomic E-state index is 13.3. The molecule has 11 heteroatoms. The summed E-state index contributed by atoms with van der Waals surface area (Å²) in [6.45, 7) is 0.318. The van der Waals surface area contributed by atoms with Crippen molar-refractivity contribution in [3.63, 3.8) is 0 Å². The molecule has 8 nitrogen and oxygen atoms in total. The van der Waals surface area contributed by atoms with Crippen LogP contribution in [-0.2, 0) is 21.4 Å². The van der Waals surface area contributed by atoms with Gasteiger partial charge in [0.25, 0.3) is 10.0 Å². The molecule has 3 heterocycles. The number of rotatable bonds is 6. The highest BCUT2D eigenvalue weighted by atomic mass is 32.2. The van der Waals surface area contributed by atoms with Crippen molar-refractivity contribution < 1.29 is 26.4 Å². The molecule has 1 aliphatic heterocycles. The van der Waals surface area contributed by atoms with Gasteiger partial charge in [0.05, 0.1) is 0 Å². The molecule has 0 saturated carbocycles. The number of hydrogen-bond donors (Lipinski definition) is 2. The second-order valence-corrected chi connectivity index (χ2v) is 9.13. The molecule has 3 aromatic rings. The Kier molecular flexibility index (Phi) is 5.88. The van der Waals surface area contributed by atoms with E-state index in [-0.39, 0.29) is 36.6 Å². The van der Waals surface area contributed by atoms with Crippen LogP contribution in [0.15, 0.2) is 52.1 Å². The van der Waals surface area contributed by atoms with Gasteiger partial charge in [-0.15, -0.1) is 0 Å². The molecule has 1 amide bonds. The maximum Gasteiger partial charge on any atom is 0.276 e. The number of hydrogen-bond acceptors (Lipinski definition) is 5. The fourth-order valence-corrected chi connectivity index (χ4v) is 4.91. The number of amides is 1. The van der Waals surface area contributed by atoms with E-state index in [2.05, 4.69) is 15.5 Å². The average Bonchev–Trinajstić information content (AvgIpc) is 3.43. The molecule has 4 rings (SSSR count). The zero-order chi connectivity index (χ0) is 22.0. The second-order valence-electron chi connectivity index (χ2n) is 7.26. The SMILES string of the molecule is O=C(NCc1cc(F)cc(F)c1)C1CCN(S(=O)(=O)c2ccc(-c3ccn[nH]3)o2)CC1. The highest BCUT2D eigenvalue weighted by Crippen LogP contribution is 2.28. The monoisotopic (exact) mass is 450 g/mol. The summed E-state index contributed by atoms with van der Waals surface area (Å²) < 4.78 is 59.0. The molecule has 164 valence electrons. The topological polar surface area (TPSA) is 108 Å². The number of carbonyl (C=O) groups is 1. The van der Waals surface area contributed by atoms with E-state index in [0.717, 1.165) is 18.2 Å². The van der Waals surface area contributed by atoms with Crippen molar-refractivity contribution in [2.24, 2.45) is 5.92 Å². The number of furan rings is 1. The smallest absolute Gasteiger partial charge is 0.276 e. The lowest BCUT2D eigenvalue weighted by Crippen LogP contribution is -2.42. The minimum absolute atomic E-state index is 0.00516. The zero-order valence-corrected chi connectivity index (χ0v) is 17.2. The number of H-pyrrole nitrogens is 1. The predicted octanol–water partition coefficient (Wildman–Crippen LogP) is 2.67. The molecule has 0 aliphatic carbocycles. The first-order valence-electron chi connectivity index (χ1n) is 9.65. The van der Waals surface area contributed by atoms with Gasteiger partial charge in [0.2, 0.25) is 11.0 Å². The first-order valence-corrected chi connectivity index (χ1v) is 11.1. The first-order chi connectivity index (χ1) is 14.8. The largest absolute Gasteiger partial charge is 0.442 e. The third-order valence-corrected chi connectivity index (χ3v) is 6.93. The Morgan fingerprint density at radius 1 is 1.16 bits per heavy atom. The summed E-state index contributed by atoms with van der Waals surface area (Å²) in [6.07, 6.45) is 2.19. The summed E-state index contributed by atoms with van der Waals surface area (Å²) >= 11 is 0. The van der Waals surface area contributed by atoms with Gasteiger partial charge in [-0.1, -0.05) is 0 Å². The summed E-state index contributed by atoms with van der Waals surface area (Å²) in [7, 11) is -3.83. The molecule has 0 bridgehead atoms. The van der Waals surface area contributed by atoms with Gasteiger partial charge in [-0.05, 0) is 48.7 Å². The van der Waals surface area contributed by atoms with Crippen LogP contribution in [0.4, 0.5) is 8.78 Å². The normalized spacial score (nSPS) is 15.8. The van der Waals surface area contributed by atoms with Crippen molar-refractivity contribution in [1.29, 1.82) is 0 Å². The molecule has 1 saturated heterocycles. The van der Waals surface area contributed by atoms with Crippen molar-refractivity contribution in [2.45, 2.75) is 24.5 Å². The number of halogens is 2. The van der Waals surface area contributed by atoms with Crippen molar-refractivity contribution in [3.05, 3.63) is 59.8 Å². The number of aromatic nitrogens is 2. The summed E-state index contributed by atoms with van der Waals surface area (Å²) in [5.74, 6) is -1.73. The van der Waals surface area contributed by atoms with Crippen LogP contribution in [0.25, 0.3) is 11.5 Å². The number of benzene rings is 1. The van der Waals surface area contributed by atoms with Gasteiger partial charge < -0.3 is 9.73 Å². The van der Waals surface area contributed by atoms with E-state index < -0.39 is 21.7 Å². The van der Waals surface area contributed by atoms with Gasteiger partial charge in [-0.3, -0.25) is 9.89 Å². The Balaban J connectivity index is 1.34. The van der Waals surface area contributed by atoms with E-state index in [1.807, 2.05) is 0 Å². The Labute approximate surface area is 177 Å².